The van der Waals surface area contributed by atoms with Gasteiger partial charge in [0.15, 0.2) is 0 Å². The van der Waals surface area contributed by atoms with Gasteiger partial charge >= 0.3 is 0 Å². The van der Waals surface area contributed by atoms with Gasteiger partial charge in [-0.05, 0) is 44.0 Å². The number of nitrogens with one attached hydrogen (secondary N) is 1. The number of aliphatic hydroxyl groups is 1. The molecule has 0 aliphatic carbocycles. The number of rotatable bonds is 6. The summed E-state index contributed by atoms with van der Waals surface area (Å²) in [6, 6.07) is 2.19. The Balaban J connectivity index is 2.05. The topological polar surface area (TPSA) is 57.6 Å². The number of hydrogen-bond donors (Lipinski definition) is 2. The second kappa shape index (κ2) is 7.73. The zero-order valence-electron chi connectivity index (χ0n) is 13.3. The molecule has 0 saturated carbocycles. The maximum Gasteiger partial charge on any atom is 0.131 e. The van der Waals surface area contributed by atoms with Gasteiger partial charge in [0.25, 0.3) is 0 Å². The van der Waals surface area contributed by atoms with Crippen LogP contribution in [0.1, 0.15) is 31.4 Å². The Kier molecular flexibility index (Phi) is 5.96. The van der Waals surface area contributed by atoms with Gasteiger partial charge in [-0.1, -0.05) is 6.92 Å². The Hall–Kier alpha value is -1.17. The summed E-state index contributed by atoms with van der Waals surface area (Å²) in [5.74, 6) is 1.00. The first-order valence-corrected chi connectivity index (χ1v) is 7.81. The lowest BCUT2D eigenvalue weighted by Crippen LogP contribution is -2.48. The van der Waals surface area contributed by atoms with E-state index in [1.165, 1.54) is 11.1 Å². The molecule has 118 valence electrons. The van der Waals surface area contributed by atoms with Gasteiger partial charge in [0.2, 0.25) is 0 Å². The Morgan fingerprint density at radius 3 is 2.95 bits per heavy atom. The molecule has 5 nitrogen and oxygen atoms in total. The number of pyridine rings is 1. The van der Waals surface area contributed by atoms with Crippen molar-refractivity contribution < 1.29 is 9.84 Å². The molecule has 1 saturated heterocycles. The number of aromatic nitrogens is 1. The maximum atomic E-state index is 9.33. The number of aryl methyl sites for hydroxylation is 1. The first-order valence-electron chi connectivity index (χ1n) is 7.81. The summed E-state index contributed by atoms with van der Waals surface area (Å²) in [5, 5.41) is 12.7. The van der Waals surface area contributed by atoms with E-state index in [9.17, 15) is 5.11 Å². The Morgan fingerprint density at radius 1 is 1.48 bits per heavy atom. The van der Waals surface area contributed by atoms with Crippen molar-refractivity contribution >= 4 is 5.82 Å². The number of hydrogen-bond acceptors (Lipinski definition) is 5. The first-order chi connectivity index (χ1) is 10.1. The number of nitrogens with zero attached hydrogens (tertiary/aromatic N) is 2. The molecule has 0 radical (unpaired) electrons. The van der Waals surface area contributed by atoms with Gasteiger partial charge in [-0.25, -0.2) is 4.98 Å². The quantitative estimate of drug-likeness (QED) is 0.778. The van der Waals surface area contributed by atoms with Crippen LogP contribution in [-0.2, 0) is 11.3 Å². The van der Waals surface area contributed by atoms with Crippen LogP contribution in [0, 0.1) is 6.92 Å². The fraction of sp³-hybridized carbons (Fsp3) is 0.688. The third-order valence-corrected chi connectivity index (χ3v) is 3.69. The molecular weight excluding hydrogens is 266 g/mol. The molecule has 2 rings (SSSR count). The molecule has 1 aliphatic heterocycles. The van der Waals surface area contributed by atoms with Gasteiger partial charge in [0.1, 0.15) is 5.82 Å². The van der Waals surface area contributed by atoms with Gasteiger partial charge in [0, 0.05) is 25.8 Å². The van der Waals surface area contributed by atoms with E-state index < -0.39 is 0 Å². The van der Waals surface area contributed by atoms with Gasteiger partial charge in [0.05, 0.1) is 18.8 Å². The molecule has 2 unspecified atom stereocenters. The summed E-state index contributed by atoms with van der Waals surface area (Å²) < 4.78 is 5.69. The van der Waals surface area contributed by atoms with Crippen LogP contribution in [0.15, 0.2) is 12.3 Å². The van der Waals surface area contributed by atoms with Crippen LogP contribution in [0.4, 0.5) is 5.82 Å². The van der Waals surface area contributed by atoms with E-state index in [2.05, 4.69) is 35.1 Å². The normalized spacial score (nSPS) is 22.6. The first kappa shape index (κ1) is 16.2. The second-order valence-corrected chi connectivity index (χ2v) is 5.82. The van der Waals surface area contributed by atoms with Crippen LogP contribution < -0.4 is 10.2 Å². The Bertz CT molecular complexity index is 453. The Morgan fingerprint density at radius 2 is 2.29 bits per heavy atom. The van der Waals surface area contributed by atoms with Crippen LogP contribution in [0.5, 0.6) is 0 Å². The standard InChI is InChI=1S/C16H27N3O2/c1-4-5-17-7-14-6-12(2)16(18-8-14)19-9-13(3)21-15(10-19)11-20/h6,8,13,15,17,20H,4-5,7,9-11H2,1-3H3. The highest BCUT2D eigenvalue weighted by molar-refractivity contribution is 5.48. The number of aliphatic hydroxyl groups excluding tert-OH is 1. The predicted octanol–water partition coefficient (Wildman–Crippen LogP) is 1.48. The van der Waals surface area contributed by atoms with Crippen molar-refractivity contribution in [3.05, 3.63) is 23.4 Å². The van der Waals surface area contributed by atoms with E-state index in [-0.39, 0.29) is 18.8 Å². The van der Waals surface area contributed by atoms with Crippen molar-refractivity contribution in [1.29, 1.82) is 0 Å². The second-order valence-electron chi connectivity index (χ2n) is 5.82. The van der Waals surface area contributed by atoms with Gasteiger partial charge in [-0.15, -0.1) is 0 Å². The number of ether oxygens (including phenoxy) is 1. The largest absolute Gasteiger partial charge is 0.394 e. The average molecular weight is 293 g/mol. The molecule has 2 heterocycles. The minimum absolute atomic E-state index is 0.0545. The van der Waals surface area contributed by atoms with E-state index in [1.807, 2.05) is 13.1 Å². The SMILES string of the molecule is CCCNCc1cnc(N2CC(C)OC(CO)C2)c(C)c1. The highest BCUT2D eigenvalue weighted by Gasteiger charge is 2.26. The smallest absolute Gasteiger partial charge is 0.131 e. The summed E-state index contributed by atoms with van der Waals surface area (Å²) in [7, 11) is 0. The predicted molar refractivity (Wildman–Crippen MR) is 84.6 cm³/mol. The minimum atomic E-state index is -0.124. The fourth-order valence-corrected chi connectivity index (χ4v) is 2.78. The van der Waals surface area contributed by atoms with Crippen LogP contribution in [0.3, 0.4) is 0 Å². The summed E-state index contributed by atoms with van der Waals surface area (Å²) >= 11 is 0. The molecule has 1 fully saturated rings. The molecule has 5 heteroatoms. The van der Waals surface area contributed by atoms with Crippen molar-refractivity contribution in [3.63, 3.8) is 0 Å². The molecule has 0 bridgehead atoms. The highest BCUT2D eigenvalue weighted by Crippen LogP contribution is 2.22. The van der Waals surface area contributed by atoms with Crippen molar-refractivity contribution in [2.45, 2.75) is 45.9 Å². The van der Waals surface area contributed by atoms with E-state index in [1.54, 1.807) is 0 Å². The van der Waals surface area contributed by atoms with E-state index in [0.29, 0.717) is 6.54 Å². The van der Waals surface area contributed by atoms with Crippen molar-refractivity contribution in [1.82, 2.24) is 10.3 Å². The molecule has 1 aromatic rings. The lowest BCUT2D eigenvalue weighted by Gasteiger charge is -2.37. The van der Waals surface area contributed by atoms with Crippen molar-refractivity contribution in [2.24, 2.45) is 0 Å². The summed E-state index contributed by atoms with van der Waals surface area (Å²) in [4.78, 5) is 6.85. The van der Waals surface area contributed by atoms with Crippen LogP contribution in [-0.4, -0.2) is 48.5 Å². The lowest BCUT2D eigenvalue weighted by molar-refractivity contribution is -0.0423. The van der Waals surface area contributed by atoms with E-state index >= 15 is 0 Å². The molecule has 2 N–H and O–H groups in total. The summed E-state index contributed by atoms with van der Waals surface area (Å²) in [5.41, 5.74) is 2.39. The zero-order chi connectivity index (χ0) is 15.2. The van der Waals surface area contributed by atoms with Gasteiger partial charge in [-0.2, -0.15) is 0 Å². The van der Waals surface area contributed by atoms with Crippen LogP contribution >= 0.6 is 0 Å². The zero-order valence-corrected chi connectivity index (χ0v) is 13.3. The van der Waals surface area contributed by atoms with Crippen LogP contribution in [0.25, 0.3) is 0 Å². The van der Waals surface area contributed by atoms with Crippen molar-refractivity contribution in [2.75, 3.05) is 31.1 Å². The highest BCUT2D eigenvalue weighted by atomic mass is 16.5. The maximum absolute atomic E-state index is 9.33. The van der Waals surface area contributed by atoms with Crippen LogP contribution in [0.2, 0.25) is 0 Å². The third-order valence-electron chi connectivity index (χ3n) is 3.69. The molecule has 21 heavy (non-hydrogen) atoms. The van der Waals surface area contributed by atoms with E-state index in [0.717, 1.165) is 31.9 Å². The Labute approximate surface area is 127 Å². The monoisotopic (exact) mass is 293 g/mol. The minimum Gasteiger partial charge on any atom is -0.394 e. The van der Waals surface area contributed by atoms with Gasteiger partial charge in [-0.3, -0.25) is 0 Å². The fourth-order valence-electron chi connectivity index (χ4n) is 2.78. The average Bonchev–Trinajstić information content (AvgIpc) is 2.47. The summed E-state index contributed by atoms with van der Waals surface area (Å²) in [6.07, 6.45) is 3.07. The molecule has 0 amide bonds. The molecule has 0 spiro atoms. The molecule has 2 atom stereocenters. The molecular formula is C16H27N3O2. The number of morpholine rings is 1. The van der Waals surface area contributed by atoms with E-state index in [4.69, 9.17) is 4.74 Å². The van der Waals surface area contributed by atoms with Crippen molar-refractivity contribution in [3.8, 4) is 0 Å². The molecule has 1 aliphatic rings. The summed E-state index contributed by atoms with van der Waals surface area (Å²) in [6.45, 7) is 9.75. The third kappa shape index (κ3) is 4.40. The molecule has 0 aromatic carbocycles. The lowest BCUT2D eigenvalue weighted by atomic mass is 10.1. The number of anilines is 1. The molecule has 1 aromatic heterocycles. The van der Waals surface area contributed by atoms with Gasteiger partial charge < -0.3 is 20.1 Å².